The highest BCUT2D eigenvalue weighted by Crippen LogP contribution is 2.42. The number of halogens is 1. The first-order valence-corrected chi connectivity index (χ1v) is 6.88. The van der Waals surface area contributed by atoms with Crippen LogP contribution in [0.2, 0.25) is 0 Å². The van der Waals surface area contributed by atoms with E-state index in [1.165, 1.54) is 18.2 Å². The van der Waals surface area contributed by atoms with Gasteiger partial charge in [-0.1, -0.05) is 0 Å². The Morgan fingerprint density at radius 2 is 2.05 bits per heavy atom. The number of ether oxygens (including phenoxy) is 1. The zero-order valence-corrected chi connectivity index (χ0v) is 12.7. The van der Waals surface area contributed by atoms with E-state index in [4.69, 9.17) is 4.74 Å². The van der Waals surface area contributed by atoms with Crippen LogP contribution in [0.25, 0.3) is 0 Å². The van der Waals surface area contributed by atoms with E-state index in [2.05, 4.69) is 5.32 Å². The van der Waals surface area contributed by atoms with E-state index >= 15 is 0 Å². The Bertz CT molecular complexity index is 663. The second-order valence-electron chi connectivity index (χ2n) is 6.41. The first kappa shape index (κ1) is 16.0. The molecule has 1 fully saturated rings. The highest BCUT2D eigenvalue weighted by Gasteiger charge is 2.47. The molecule has 6 heteroatoms. The maximum atomic E-state index is 14.0. The van der Waals surface area contributed by atoms with Gasteiger partial charge in [-0.05, 0) is 39.0 Å². The fourth-order valence-electron chi connectivity index (χ4n) is 2.34. The van der Waals surface area contributed by atoms with Crippen LogP contribution in [0.3, 0.4) is 0 Å². The van der Waals surface area contributed by atoms with Crippen LogP contribution in [0.1, 0.15) is 39.2 Å². The smallest absolute Gasteiger partial charge is 0.412 e. The number of hydrogen-bond acceptors (Lipinski definition) is 4. The fourth-order valence-corrected chi connectivity index (χ4v) is 2.34. The molecule has 0 atom stereocenters. The van der Waals surface area contributed by atoms with Crippen LogP contribution in [0.4, 0.5) is 14.9 Å². The van der Waals surface area contributed by atoms with Gasteiger partial charge in [-0.15, -0.1) is 0 Å². The average Bonchev–Trinajstić information content (AvgIpc) is 2.35. The summed E-state index contributed by atoms with van der Waals surface area (Å²) in [5, 5.41) is 11.8. The topological polar surface area (TPSA) is 79.2 Å². The number of amides is 1. The molecule has 1 aliphatic rings. The highest BCUT2D eigenvalue weighted by molar-refractivity contribution is 5.90. The van der Waals surface area contributed by atoms with Crippen LogP contribution in [0, 0.1) is 17.1 Å². The predicted octanol–water partition coefficient (Wildman–Crippen LogP) is 3.30. The summed E-state index contributed by atoms with van der Waals surface area (Å²) < 4.78 is 19.1. The molecule has 0 radical (unpaired) electrons. The molecular weight excluding hydrogens is 287 g/mol. The number of carbonyl (C=O) groups excluding carboxylic acids is 2. The number of ketones is 1. The maximum Gasteiger partial charge on any atom is 0.412 e. The third-order valence-corrected chi connectivity index (χ3v) is 3.34. The number of nitriles is 1. The largest absolute Gasteiger partial charge is 0.444 e. The molecule has 0 spiro atoms. The summed E-state index contributed by atoms with van der Waals surface area (Å²) in [4.78, 5) is 22.9. The third kappa shape index (κ3) is 3.25. The van der Waals surface area contributed by atoms with Crippen molar-refractivity contribution in [1.82, 2.24) is 0 Å². The van der Waals surface area contributed by atoms with Crippen LogP contribution in [0.15, 0.2) is 18.2 Å². The van der Waals surface area contributed by atoms with Crippen molar-refractivity contribution in [2.45, 2.75) is 44.6 Å². The quantitative estimate of drug-likeness (QED) is 0.909. The third-order valence-electron chi connectivity index (χ3n) is 3.34. The monoisotopic (exact) mass is 304 g/mol. The molecular formula is C16H17FN2O3. The zero-order valence-electron chi connectivity index (χ0n) is 12.7. The normalized spacial score (nSPS) is 16.4. The SMILES string of the molecule is CC(C)(C)OC(=O)Nc1ccc(F)c(C2(C#N)CC(=O)C2)c1. The van der Waals surface area contributed by atoms with Gasteiger partial charge < -0.3 is 4.74 Å². The molecule has 1 saturated carbocycles. The lowest BCUT2D eigenvalue weighted by molar-refractivity contribution is -0.126. The number of nitrogens with one attached hydrogen (secondary N) is 1. The number of Topliss-reactive ketones (excluding diaryl/α,β-unsaturated/α-hetero) is 1. The first-order valence-electron chi connectivity index (χ1n) is 6.88. The molecule has 0 aliphatic heterocycles. The molecule has 5 nitrogen and oxygen atoms in total. The van der Waals surface area contributed by atoms with Gasteiger partial charge in [-0.2, -0.15) is 5.26 Å². The average molecular weight is 304 g/mol. The summed E-state index contributed by atoms with van der Waals surface area (Å²) in [6.07, 6.45) is -0.673. The molecule has 116 valence electrons. The van der Waals surface area contributed by atoms with Crippen molar-refractivity contribution < 1.29 is 18.7 Å². The van der Waals surface area contributed by atoms with Gasteiger partial charge in [-0.25, -0.2) is 9.18 Å². The molecule has 1 aromatic carbocycles. The van der Waals surface area contributed by atoms with Crippen LogP contribution in [-0.2, 0) is 14.9 Å². The molecule has 1 amide bonds. The van der Waals surface area contributed by atoms with Gasteiger partial charge >= 0.3 is 6.09 Å². The summed E-state index contributed by atoms with van der Waals surface area (Å²) in [7, 11) is 0. The van der Waals surface area contributed by atoms with Crippen LogP contribution < -0.4 is 5.32 Å². The summed E-state index contributed by atoms with van der Waals surface area (Å²) in [5.41, 5.74) is -1.34. The van der Waals surface area contributed by atoms with Crippen molar-refractivity contribution in [3.8, 4) is 6.07 Å². The Morgan fingerprint density at radius 1 is 1.41 bits per heavy atom. The molecule has 1 N–H and O–H groups in total. The van der Waals surface area contributed by atoms with E-state index in [0.29, 0.717) is 5.69 Å². The van der Waals surface area contributed by atoms with E-state index in [1.54, 1.807) is 20.8 Å². The summed E-state index contributed by atoms with van der Waals surface area (Å²) in [6, 6.07) is 5.95. The Labute approximate surface area is 128 Å². The maximum absolute atomic E-state index is 14.0. The Kier molecular flexibility index (Phi) is 3.92. The van der Waals surface area contributed by atoms with Crippen LogP contribution in [-0.4, -0.2) is 17.5 Å². The predicted molar refractivity (Wildman–Crippen MR) is 77.8 cm³/mol. The van der Waals surface area contributed by atoms with E-state index in [-0.39, 0.29) is 24.2 Å². The number of rotatable bonds is 2. The van der Waals surface area contributed by atoms with Crippen LogP contribution in [0.5, 0.6) is 0 Å². The number of benzene rings is 1. The second-order valence-corrected chi connectivity index (χ2v) is 6.41. The molecule has 0 heterocycles. The molecule has 0 bridgehead atoms. The minimum atomic E-state index is -1.13. The van der Waals surface area contributed by atoms with Gasteiger partial charge in [0.25, 0.3) is 0 Å². The zero-order chi connectivity index (χ0) is 16.5. The van der Waals surface area contributed by atoms with E-state index < -0.39 is 22.9 Å². The first-order chi connectivity index (χ1) is 10.1. The van der Waals surface area contributed by atoms with Gasteiger partial charge in [0.15, 0.2) is 0 Å². The lowest BCUT2D eigenvalue weighted by atomic mass is 9.64. The van der Waals surface area contributed by atoms with Gasteiger partial charge in [0.2, 0.25) is 0 Å². The van der Waals surface area contributed by atoms with Gasteiger partial charge in [0.1, 0.15) is 17.2 Å². The molecule has 22 heavy (non-hydrogen) atoms. The number of hydrogen-bond donors (Lipinski definition) is 1. The summed E-state index contributed by atoms with van der Waals surface area (Å²) >= 11 is 0. The molecule has 1 aromatic rings. The van der Waals surface area contributed by atoms with Crippen molar-refractivity contribution in [2.75, 3.05) is 5.32 Å². The minimum Gasteiger partial charge on any atom is -0.444 e. The Morgan fingerprint density at radius 3 is 2.55 bits per heavy atom. The standard InChI is InChI=1S/C16H17FN2O3/c1-15(2,3)22-14(21)19-10-4-5-13(17)12(6-10)16(9-18)7-11(20)8-16/h4-6H,7-8H2,1-3H3,(H,19,21). The Hall–Kier alpha value is -2.42. The molecule has 0 unspecified atom stereocenters. The molecule has 0 saturated heterocycles. The minimum absolute atomic E-state index is 0.00366. The lowest BCUT2D eigenvalue weighted by Crippen LogP contribution is -2.41. The highest BCUT2D eigenvalue weighted by atomic mass is 19.1. The lowest BCUT2D eigenvalue weighted by Gasteiger charge is -2.34. The summed E-state index contributed by atoms with van der Waals surface area (Å²) in [6.45, 7) is 5.19. The van der Waals surface area contributed by atoms with Gasteiger partial charge in [0.05, 0.1) is 11.5 Å². The summed E-state index contributed by atoms with van der Waals surface area (Å²) in [5.74, 6) is -0.643. The van der Waals surface area contributed by atoms with Crippen molar-refractivity contribution in [3.63, 3.8) is 0 Å². The number of carbonyl (C=O) groups is 2. The second kappa shape index (κ2) is 5.41. The fraction of sp³-hybridized carbons (Fsp3) is 0.438. The van der Waals surface area contributed by atoms with Crippen molar-refractivity contribution in [3.05, 3.63) is 29.6 Å². The van der Waals surface area contributed by atoms with Gasteiger partial charge in [-0.3, -0.25) is 10.1 Å². The Balaban J connectivity index is 2.23. The van der Waals surface area contributed by atoms with Gasteiger partial charge in [0, 0.05) is 24.1 Å². The van der Waals surface area contributed by atoms with Crippen LogP contribution >= 0.6 is 0 Å². The number of nitrogens with zero attached hydrogens (tertiary/aromatic N) is 1. The van der Waals surface area contributed by atoms with Crippen molar-refractivity contribution >= 4 is 17.6 Å². The van der Waals surface area contributed by atoms with E-state index in [0.717, 1.165) is 0 Å². The molecule has 1 aliphatic carbocycles. The van der Waals surface area contributed by atoms with Crippen molar-refractivity contribution in [1.29, 1.82) is 5.26 Å². The van der Waals surface area contributed by atoms with E-state index in [1.807, 2.05) is 6.07 Å². The number of anilines is 1. The molecule has 2 rings (SSSR count). The van der Waals surface area contributed by atoms with Crippen molar-refractivity contribution in [2.24, 2.45) is 0 Å². The molecule has 0 aromatic heterocycles. The van der Waals surface area contributed by atoms with E-state index in [9.17, 15) is 19.2 Å².